The number of hydrogen-bond acceptors (Lipinski definition) is 4. The summed E-state index contributed by atoms with van der Waals surface area (Å²) in [6.07, 6.45) is 3.63. The molecule has 0 saturated carbocycles. The Morgan fingerprint density at radius 2 is 2.15 bits per heavy atom. The molecule has 0 amide bonds. The highest BCUT2D eigenvalue weighted by molar-refractivity contribution is 5.33. The van der Waals surface area contributed by atoms with Gasteiger partial charge >= 0.3 is 0 Å². The third-order valence-corrected chi connectivity index (χ3v) is 4.50. The number of aromatic nitrogens is 1. The molecular weight excluding hydrogens is 338 g/mol. The number of halogens is 2. The third kappa shape index (κ3) is 4.99. The summed E-state index contributed by atoms with van der Waals surface area (Å²) in [6, 6.07) is 6.91. The Morgan fingerprint density at radius 1 is 1.31 bits per heavy atom. The van der Waals surface area contributed by atoms with Gasteiger partial charge in [0.15, 0.2) is 11.6 Å². The second-order valence-corrected chi connectivity index (χ2v) is 7.24. The summed E-state index contributed by atoms with van der Waals surface area (Å²) < 4.78 is 38.2. The minimum Gasteiger partial charge on any atom is -0.436 e. The van der Waals surface area contributed by atoms with E-state index in [1.807, 2.05) is 12.1 Å². The average molecular weight is 362 g/mol. The van der Waals surface area contributed by atoms with E-state index in [1.54, 1.807) is 6.20 Å². The summed E-state index contributed by atoms with van der Waals surface area (Å²) >= 11 is 0. The van der Waals surface area contributed by atoms with Crippen LogP contribution in [0.25, 0.3) is 0 Å². The zero-order chi connectivity index (χ0) is 18.6. The second-order valence-electron chi connectivity index (χ2n) is 7.24. The van der Waals surface area contributed by atoms with Gasteiger partial charge in [0.1, 0.15) is 5.82 Å². The van der Waals surface area contributed by atoms with Gasteiger partial charge in [0.2, 0.25) is 5.88 Å². The summed E-state index contributed by atoms with van der Waals surface area (Å²) in [6.45, 7) is 6.44. The van der Waals surface area contributed by atoms with Crippen molar-refractivity contribution in [3.05, 3.63) is 53.7 Å². The number of nitrogens with zero attached hydrogens (tertiary/aromatic N) is 1. The van der Waals surface area contributed by atoms with E-state index in [-0.39, 0.29) is 11.4 Å². The van der Waals surface area contributed by atoms with Gasteiger partial charge < -0.3 is 14.8 Å². The Hall–Kier alpha value is -2.05. The first-order valence-electron chi connectivity index (χ1n) is 8.84. The molecule has 4 nitrogen and oxygen atoms in total. The van der Waals surface area contributed by atoms with E-state index in [9.17, 15) is 8.78 Å². The number of hydrogen-bond donors (Lipinski definition) is 1. The smallest absolute Gasteiger partial charge is 0.223 e. The molecule has 0 bridgehead atoms. The van der Waals surface area contributed by atoms with Crippen molar-refractivity contribution in [3.8, 4) is 11.6 Å². The maximum Gasteiger partial charge on any atom is 0.223 e. The molecule has 2 aromatic rings. The summed E-state index contributed by atoms with van der Waals surface area (Å²) in [7, 11) is 0. The number of rotatable bonds is 6. The van der Waals surface area contributed by atoms with Crippen LogP contribution < -0.4 is 10.1 Å². The molecule has 0 aliphatic carbocycles. The van der Waals surface area contributed by atoms with Gasteiger partial charge in [-0.15, -0.1) is 0 Å². The van der Waals surface area contributed by atoms with Gasteiger partial charge in [-0.3, -0.25) is 0 Å². The van der Waals surface area contributed by atoms with Gasteiger partial charge in [-0.2, -0.15) is 0 Å². The normalized spacial score (nSPS) is 19.3. The molecule has 1 aromatic heterocycles. The Kier molecular flexibility index (Phi) is 5.84. The molecule has 1 fully saturated rings. The van der Waals surface area contributed by atoms with Crippen molar-refractivity contribution < 1.29 is 18.3 Å². The van der Waals surface area contributed by atoms with Crippen LogP contribution in [0.1, 0.15) is 32.3 Å². The molecule has 0 spiro atoms. The Balaban J connectivity index is 1.60. The monoisotopic (exact) mass is 362 g/mol. The molecule has 0 radical (unpaired) electrons. The predicted octanol–water partition coefficient (Wildman–Crippen LogP) is 4.45. The minimum atomic E-state index is -0.751. The highest BCUT2D eigenvalue weighted by Gasteiger charge is 2.28. The summed E-state index contributed by atoms with van der Waals surface area (Å²) in [5.41, 5.74) is 0.746. The van der Waals surface area contributed by atoms with Gasteiger partial charge in [0.25, 0.3) is 0 Å². The Labute approximate surface area is 152 Å². The fourth-order valence-corrected chi connectivity index (χ4v) is 3.26. The maximum atomic E-state index is 13.8. The zero-order valence-corrected chi connectivity index (χ0v) is 15.1. The lowest BCUT2D eigenvalue weighted by atomic mass is 9.88. The first-order chi connectivity index (χ1) is 12.4. The van der Waals surface area contributed by atoms with Crippen molar-refractivity contribution in [2.75, 3.05) is 13.2 Å². The maximum absolute atomic E-state index is 13.8. The van der Waals surface area contributed by atoms with Gasteiger partial charge in [-0.05, 0) is 57.4 Å². The fourth-order valence-electron chi connectivity index (χ4n) is 3.26. The van der Waals surface area contributed by atoms with E-state index in [1.165, 1.54) is 6.07 Å². The molecule has 1 aromatic carbocycles. The third-order valence-electron chi connectivity index (χ3n) is 4.50. The minimum absolute atomic E-state index is 0.0440. The van der Waals surface area contributed by atoms with Crippen molar-refractivity contribution in [3.63, 3.8) is 0 Å². The lowest BCUT2D eigenvalue weighted by Gasteiger charge is -2.35. The molecule has 3 rings (SSSR count). The topological polar surface area (TPSA) is 43.4 Å². The van der Waals surface area contributed by atoms with Crippen LogP contribution in [-0.4, -0.2) is 23.7 Å². The van der Waals surface area contributed by atoms with Gasteiger partial charge in [-0.1, -0.05) is 6.07 Å². The average Bonchev–Trinajstić information content (AvgIpc) is 2.58. The standard InChI is InChI=1S/C20H24F2N2O2/c1-20(2)11-14(7-9-25-20)12-23-13-15-4-3-8-24-19(15)26-18-6-5-16(21)10-17(18)22/h3-6,8,10,14,23H,7,9,11-13H2,1-2H3/t14-/m0/s1. The molecule has 140 valence electrons. The van der Waals surface area contributed by atoms with Crippen LogP contribution in [0.5, 0.6) is 11.6 Å². The van der Waals surface area contributed by atoms with E-state index >= 15 is 0 Å². The van der Waals surface area contributed by atoms with E-state index in [2.05, 4.69) is 24.1 Å². The SMILES string of the molecule is CC1(C)C[C@@H](CNCc2cccnc2Oc2ccc(F)cc2F)CCO1. The molecule has 1 atom stereocenters. The number of ether oxygens (including phenoxy) is 2. The van der Waals surface area contributed by atoms with Crippen LogP contribution >= 0.6 is 0 Å². The number of benzene rings is 1. The predicted molar refractivity (Wildman–Crippen MR) is 95.1 cm³/mol. The summed E-state index contributed by atoms with van der Waals surface area (Å²) in [5.74, 6) is -0.569. The van der Waals surface area contributed by atoms with Crippen LogP contribution in [0.3, 0.4) is 0 Å². The molecule has 0 unspecified atom stereocenters. The molecule has 2 heterocycles. The molecule has 6 heteroatoms. The van der Waals surface area contributed by atoms with Crippen molar-refractivity contribution >= 4 is 0 Å². The number of nitrogens with one attached hydrogen (secondary N) is 1. The number of pyridine rings is 1. The highest BCUT2D eigenvalue weighted by Crippen LogP contribution is 2.29. The van der Waals surface area contributed by atoms with E-state index in [0.717, 1.165) is 43.7 Å². The summed E-state index contributed by atoms with van der Waals surface area (Å²) in [4.78, 5) is 4.18. The van der Waals surface area contributed by atoms with E-state index < -0.39 is 11.6 Å². The van der Waals surface area contributed by atoms with Crippen LogP contribution in [0.15, 0.2) is 36.5 Å². The fraction of sp³-hybridized carbons (Fsp3) is 0.450. The first-order valence-corrected chi connectivity index (χ1v) is 8.84. The van der Waals surface area contributed by atoms with Gasteiger partial charge in [0, 0.05) is 31.0 Å². The van der Waals surface area contributed by atoms with E-state index in [0.29, 0.717) is 18.3 Å². The Morgan fingerprint density at radius 3 is 2.92 bits per heavy atom. The molecule has 1 saturated heterocycles. The lowest BCUT2D eigenvalue weighted by molar-refractivity contribution is -0.0718. The van der Waals surface area contributed by atoms with Crippen molar-refractivity contribution in [2.24, 2.45) is 5.92 Å². The van der Waals surface area contributed by atoms with Crippen molar-refractivity contribution in [1.82, 2.24) is 10.3 Å². The van der Waals surface area contributed by atoms with Crippen LogP contribution in [0.4, 0.5) is 8.78 Å². The van der Waals surface area contributed by atoms with Crippen LogP contribution in [0, 0.1) is 17.6 Å². The van der Waals surface area contributed by atoms with Crippen LogP contribution in [-0.2, 0) is 11.3 Å². The highest BCUT2D eigenvalue weighted by atomic mass is 19.1. The van der Waals surface area contributed by atoms with Crippen molar-refractivity contribution in [1.29, 1.82) is 0 Å². The quantitative estimate of drug-likeness (QED) is 0.825. The first kappa shape index (κ1) is 18.7. The molecule has 1 N–H and O–H groups in total. The zero-order valence-electron chi connectivity index (χ0n) is 15.1. The van der Waals surface area contributed by atoms with Crippen LogP contribution in [0.2, 0.25) is 0 Å². The lowest BCUT2D eigenvalue weighted by Crippen LogP contribution is -2.37. The Bertz CT molecular complexity index is 752. The molecule has 26 heavy (non-hydrogen) atoms. The second kappa shape index (κ2) is 8.10. The van der Waals surface area contributed by atoms with Gasteiger partial charge in [0.05, 0.1) is 5.60 Å². The molecular formula is C20H24F2N2O2. The molecule has 1 aliphatic rings. The largest absolute Gasteiger partial charge is 0.436 e. The van der Waals surface area contributed by atoms with Gasteiger partial charge in [-0.25, -0.2) is 13.8 Å². The van der Waals surface area contributed by atoms with Crippen molar-refractivity contribution in [2.45, 2.75) is 38.8 Å². The molecule has 1 aliphatic heterocycles. The summed E-state index contributed by atoms with van der Waals surface area (Å²) in [5, 5.41) is 3.43. The van der Waals surface area contributed by atoms with E-state index in [4.69, 9.17) is 9.47 Å².